The summed E-state index contributed by atoms with van der Waals surface area (Å²) in [7, 11) is 0. The first-order valence-corrected chi connectivity index (χ1v) is 9.64. The van der Waals surface area contributed by atoms with Crippen LogP contribution in [-0.4, -0.2) is 58.0 Å². The topological polar surface area (TPSA) is 87.2 Å². The third kappa shape index (κ3) is 4.26. The third-order valence-corrected chi connectivity index (χ3v) is 5.14. The molecule has 1 N–H and O–H groups in total. The van der Waals surface area contributed by atoms with Gasteiger partial charge in [0.05, 0.1) is 13.2 Å². The molecule has 7 nitrogen and oxygen atoms in total. The number of ether oxygens (including phenoxy) is 1. The Kier molecular flexibility index (Phi) is 6.64. The number of carboxylic acid groups (broad SMARTS) is 1. The number of imide groups is 1. The third-order valence-electron chi connectivity index (χ3n) is 5.14. The number of nitrogens with zero attached hydrogens (tertiary/aromatic N) is 2. The summed E-state index contributed by atoms with van der Waals surface area (Å²) in [5.41, 5.74) is -0.286. The van der Waals surface area contributed by atoms with Crippen molar-refractivity contribution >= 4 is 17.9 Å². The predicted molar refractivity (Wildman–Crippen MR) is 111 cm³/mol. The van der Waals surface area contributed by atoms with Crippen molar-refractivity contribution in [1.82, 2.24) is 9.80 Å². The van der Waals surface area contributed by atoms with E-state index in [1.807, 2.05) is 30.3 Å². The van der Waals surface area contributed by atoms with Crippen molar-refractivity contribution < 1.29 is 24.2 Å². The van der Waals surface area contributed by atoms with Crippen molar-refractivity contribution in [1.29, 1.82) is 0 Å². The molecule has 30 heavy (non-hydrogen) atoms. The quantitative estimate of drug-likeness (QED) is 0.562. The van der Waals surface area contributed by atoms with Gasteiger partial charge in [-0.15, -0.1) is 6.58 Å². The van der Waals surface area contributed by atoms with Crippen molar-refractivity contribution in [3.63, 3.8) is 0 Å². The molecular weight excluding hydrogens is 384 g/mol. The molecular formula is C23H24N2O5. The van der Waals surface area contributed by atoms with Crippen molar-refractivity contribution in [3.8, 4) is 0 Å². The zero-order valence-corrected chi connectivity index (χ0v) is 16.6. The Bertz CT molecular complexity index is 916. The van der Waals surface area contributed by atoms with Gasteiger partial charge in [-0.05, 0) is 24.1 Å². The summed E-state index contributed by atoms with van der Waals surface area (Å²) in [4.78, 5) is 40.6. The van der Waals surface area contributed by atoms with Crippen molar-refractivity contribution in [2.45, 2.75) is 18.6 Å². The van der Waals surface area contributed by atoms with Crippen LogP contribution >= 0.6 is 0 Å². The van der Waals surface area contributed by atoms with Gasteiger partial charge in [-0.3, -0.25) is 19.4 Å². The Balaban J connectivity index is 1.88. The molecule has 7 heteroatoms. The molecule has 0 radical (unpaired) electrons. The highest BCUT2D eigenvalue weighted by atomic mass is 16.5. The Morgan fingerprint density at radius 2 is 1.70 bits per heavy atom. The number of piperazine rings is 1. The number of hydrogen-bond acceptors (Lipinski definition) is 4. The highest BCUT2D eigenvalue weighted by Crippen LogP contribution is 2.30. The van der Waals surface area contributed by atoms with Crippen LogP contribution in [0.15, 0.2) is 73.3 Å². The lowest BCUT2D eigenvalue weighted by molar-refractivity contribution is -0.151. The smallest absolute Gasteiger partial charge is 0.408 e. The Morgan fingerprint density at radius 3 is 2.30 bits per heavy atom. The maximum absolute atomic E-state index is 13.5. The molecule has 1 fully saturated rings. The Labute approximate surface area is 175 Å². The van der Waals surface area contributed by atoms with Gasteiger partial charge in [0.1, 0.15) is 0 Å². The summed E-state index contributed by atoms with van der Waals surface area (Å²) in [5.74, 6) is -1.06. The molecule has 3 rings (SSSR count). The van der Waals surface area contributed by atoms with Crippen LogP contribution in [-0.2, 0) is 16.1 Å². The molecule has 0 spiro atoms. The van der Waals surface area contributed by atoms with Crippen LogP contribution < -0.4 is 0 Å². The van der Waals surface area contributed by atoms with E-state index in [-0.39, 0.29) is 32.7 Å². The van der Waals surface area contributed by atoms with Gasteiger partial charge in [0.25, 0.3) is 11.8 Å². The van der Waals surface area contributed by atoms with E-state index in [9.17, 15) is 19.5 Å². The van der Waals surface area contributed by atoms with Gasteiger partial charge in [-0.25, -0.2) is 4.79 Å². The van der Waals surface area contributed by atoms with E-state index in [1.165, 1.54) is 6.08 Å². The molecule has 2 aromatic rings. The summed E-state index contributed by atoms with van der Waals surface area (Å²) in [6, 6.07) is 17.8. The highest BCUT2D eigenvalue weighted by molar-refractivity contribution is 6.08. The van der Waals surface area contributed by atoms with Crippen molar-refractivity contribution in [2.75, 3.05) is 19.7 Å². The fourth-order valence-corrected chi connectivity index (χ4v) is 3.64. The van der Waals surface area contributed by atoms with E-state index in [2.05, 4.69) is 6.58 Å². The number of benzene rings is 2. The van der Waals surface area contributed by atoms with Gasteiger partial charge < -0.3 is 9.84 Å². The zero-order chi connectivity index (χ0) is 21.6. The fraction of sp³-hybridized carbons (Fsp3) is 0.261. The molecule has 1 heterocycles. The molecule has 0 bridgehead atoms. The predicted octanol–water partition coefficient (Wildman–Crippen LogP) is 3.18. The van der Waals surface area contributed by atoms with Crippen molar-refractivity contribution in [3.05, 3.63) is 84.4 Å². The fourth-order valence-electron chi connectivity index (χ4n) is 3.64. The standard InChI is InChI=1S/C23H24N2O5/c1-2-13-23(17-30-16-18-9-5-3-6-10-18)21(27)24(14-15-25(23)22(28)29)20(26)19-11-7-4-8-12-19/h2-12H,1,13-17H2,(H,28,29)/t23-/m1/s1. The maximum Gasteiger partial charge on any atom is 0.408 e. The molecule has 0 aliphatic carbocycles. The first-order chi connectivity index (χ1) is 14.5. The van der Waals surface area contributed by atoms with Crippen molar-refractivity contribution in [2.24, 2.45) is 0 Å². The van der Waals surface area contributed by atoms with E-state index >= 15 is 0 Å². The summed E-state index contributed by atoms with van der Waals surface area (Å²) < 4.78 is 5.79. The second-order valence-electron chi connectivity index (χ2n) is 7.06. The number of rotatable bonds is 7. The summed E-state index contributed by atoms with van der Waals surface area (Å²) in [6.07, 6.45) is 0.280. The van der Waals surface area contributed by atoms with Crippen LogP contribution in [0.3, 0.4) is 0 Å². The Morgan fingerprint density at radius 1 is 1.07 bits per heavy atom. The summed E-state index contributed by atoms with van der Waals surface area (Å²) in [6.45, 7) is 3.71. The highest BCUT2D eigenvalue weighted by Gasteiger charge is 2.52. The van der Waals surface area contributed by atoms with Crippen LogP contribution in [0.2, 0.25) is 0 Å². The number of amides is 3. The van der Waals surface area contributed by atoms with Gasteiger partial charge in [-0.1, -0.05) is 54.6 Å². The van der Waals surface area contributed by atoms with E-state index in [1.54, 1.807) is 30.3 Å². The van der Waals surface area contributed by atoms with Gasteiger partial charge in [0.15, 0.2) is 5.54 Å². The number of carbonyl (C=O) groups excluding carboxylic acids is 2. The molecule has 156 valence electrons. The molecule has 1 aliphatic heterocycles. The lowest BCUT2D eigenvalue weighted by Gasteiger charge is -2.47. The van der Waals surface area contributed by atoms with Gasteiger partial charge in [-0.2, -0.15) is 0 Å². The number of carbonyl (C=O) groups is 3. The minimum absolute atomic E-state index is 0.00217. The molecule has 0 unspecified atom stereocenters. The van der Waals surface area contributed by atoms with Crippen LogP contribution in [0.25, 0.3) is 0 Å². The second-order valence-corrected chi connectivity index (χ2v) is 7.06. The average Bonchev–Trinajstić information content (AvgIpc) is 2.76. The molecule has 3 amide bonds. The Hall–Kier alpha value is -3.45. The van der Waals surface area contributed by atoms with Crippen LogP contribution in [0, 0.1) is 0 Å². The molecule has 2 aromatic carbocycles. The van der Waals surface area contributed by atoms with Gasteiger partial charge >= 0.3 is 6.09 Å². The summed E-state index contributed by atoms with van der Waals surface area (Å²) >= 11 is 0. The van der Waals surface area contributed by atoms with E-state index in [0.29, 0.717) is 5.56 Å². The first-order valence-electron chi connectivity index (χ1n) is 9.64. The maximum atomic E-state index is 13.5. The first kappa shape index (κ1) is 21.3. The second kappa shape index (κ2) is 9.37. The summed E-state index contributed by atoms with van der Waals surface area (Å²) in [5, 5.41) is 9.76. The van der Waals surface area contributed by atoms with Crippen LogP contribution in [0.5, 0.6) is 0 Å². The SMILES string of the molecule is C=CC[C@@]1(COCc2ccccc2)C(=O)N(C(=O)c2ccccc2)CCN1C(=O)O. The van der Waals surface area contributed by atoms with Crippen LogP contribution in [0.1, 0.15) is 22.3 Å². The molecule has 1 atom stereocenters. The molecule has 1 aliphatic rings. The molecule has 0 aromatic heterocycles. The lowest BCUT2D eigenvalue weighted by Crippen LogP contribution is -2.69. The number of hydrogen-bond donors (Lipinski definition) is 1. The minimum atomic E-state index is -1.55. The average molecular weight is 408 g/mol. The van der Waals surface area contributed by atoms with E-state index < -0.39 is 23.4 Å². The minimum Gasteiger partial charge on any atom is -0.465 e. The zero-order valence-electron chi connectivity index (χ0n) is 16.6. The largest absolute Gasteiger partial charge is 0.465 e. The van der Waals surface area contributed by atoms with Crippen LogP contribution in [0.4, 0.5) is 4.79 Å². The van der Waals surface area contributed by atoms with E-state index in [4.69, 9.17) is 4.74 Å². The molecule has 1 saturated heterocycles. The lowest BCUT2D eigenvalue weighted by atomic mass is 9.89. The van der Waals surface area contributed by atoms with E-state index in [0.717, 1.165) is 15.4 Å². The van der Waals surface area contributed by atoms with Gasteiger partial charge in [0.2, 0.25) is 0 Å². The molecule has 0 saturated carbocycles. The normalized spacial score (nSPS) is 18.9. The van der Waals surface area contributed by atoms with Gasteiger partial charge in [0, 0.05) is 18.7 Å². The monoisotopic (exact) mass is 408 g/mol.